The minimum absolute atomic E-state index is 0.0495. The fourth-order valence-corrected chi connectivity index (χ4v) is 3.14. The Hall–Kier alpha value is -1.13. The van der Waals surface area contributed by atoms with Crippen molar-refractivity contribution >= 4 is 33.2 Å². The molecular formula is C15H16BrNOS. The number of benzene rings is 1. The van der Waals surface area contributed by atoms with Gasteiger partial charge in [0.25, 0.3) is 5.91 Å². The first-order valence-corrected chi connectivity index (χ1v) is 7.71. The molecule has 0 atom stereocenters. The SMILES string of the molecule is Cc1ccc(C(=O)N(C)Cc2sccc2C)cc1Br. The summed E-state index contributed by atoms with van der Waals surface area (Å²) in [4.78, 5) is 15.4. The van der Waals surface area contributed by atoms with Crippen LogP contribution < -0.4 is 0 Å². The van der Waals surface area contributed by atoms with Gasteiger partial charge in [-0.15, -0.1) is 11.3 Å². The average Bonchev–Trinajstić information content (AvgIpc) is 2.77. The van der Waals surface area contributed by atoms with Crippen LogP contribution in [0, 0.1) is 13.8 Å². The zero-order chi connectivity index (χ0) is 14.0. The number of hydrogen-bond donors (Lipinski definition) is 0. The predicted molar refractivity (Wildman–Crippen MR) is 83.7 cm³/mol. The monoisotopic (exact) mass is 337 g/mol. The summed E-state index contributed by atoms with van der Waals surface area (Å²) in [6.45, 7) is 4.75. The van der Waals surface area contributed by atoms with Crippen LogP contribution in [0.3, 0.4) is 0 Å². The highest BCUT2D eigenvalue weighted by Crippen LogP contribution is 2.21. The Morgan fingerprint density at radius 3 is 2.58 bits per heavy atom. The van der Waals surface area contributed by atoms with Gasteiger partial charge in [0.2, 0.25) is 0 Å². The third-order valence-electron chi connectivity index (χ3n) is 3.11. The minimum Gasteiger partial charge on any atom is -0.337 e. The first-order chi connectivity index (χ1) is 8.99. The van der Waals surface area contributed by atoms with Crippen molar-refractivity contribution in [3.05, 3.63) is 55.7 Å². The molecule has 0 saturated heterocycles. The minimum atomic E-state index is 0.0495. The van der Waals surface area contributed by atoms with Crippen LogP contribution in [0.1, 0.15) is 26.4 Å². The van der Waals surface area contributed by atoms with E-state index in [1.54, 1.807) is 16.2 Å². The summed E-state index contributed by atoms with van der Waals surface area (Å²) in [5.74, 6) is 0.0495. The van der Waals surface area contributed by atoms with Crippen LogP contribution in [0.25, 0.3) is 0 Å². The van der Waals surface area contributed by atoms with E-state index in [1.165, 1.54) is 10.4 Å². The molecule has 0 saturated carbocycles. The van der Waals surface area contributed by atoms with Gasteiger partial charge in [-0.1, -0.05) is 22.0 Å². The van der Waals surface area contributed by atoms with Gasteiger partial charge in [0.05, 0.1) is 6.54 Å². The zero-order valence-corrected chi connectivity index (χ0v) is 13.6. The van der Waals surface area contributed by atoms with Crippen LogP contribution in [0.2, 0.25) is 0 Å². The Morgan fingerprint density at radius 2 is 2.00 bits per heavy atom. The second-order valence-corrected chi connectivity index (χ2v) is 6.51. The molecule has 0 N–H and O–H groups in total. The molecule has 1 aromatic heterocycles. The largest absolute Gasteiger partial charge is 0.337 e. The number of rotatable bonds is 3. The maximum Gasteiger partial charge on any atom is 0.253 e. The summed E-state index contributed by atoms with van der Waals surface area (Å²) in [7, 11) is 1.84. The smallest absolute Gasteiger partial charge is 0.253 e. The van der Waals surface area contributed by atoms with Gasteiger partial charge >= 0.3 is 0 Å². The molecule has 0 unspecified atom stereocenters. The molecule has 0 spiro atoms. The predicted octanol–water partition coefficient (Wildman–Crippen LogP) is 4.40. The van der Waals surface area contributed by atoms with E-state index in [2.05, 4.69) is 34.3 Å². The van der Waals surface area contributed by atoms with E-state index in [1.807, 2.05) is 32.2 Å². The second kappa shape index (κ2) is 5.88. The normalized spacial score (nSPS) is 10.5. The van der Waals surface area contributed by atoms with Crippen LogP contribution in [-0.4, -0.2) is 17.9 Å². The van der Waals surface area contributed by atoms with E-state index in [0.717, 1.165) is 10.0 Å². The van der Waals surface area contributed by atoms with Crippen molar-refractivity contribution < 1.29 is 4.79 Å². The highest BCUT2D eigenvalue weighted by molar-refractivity contribution is 9.10. The first-order valence-electron chi connectivity index (χ1n) is 6.03. The Balaban J connectivity index is 2.15. The van der Waals surface area contributed by atoms with E-state index in [4.69, 9.17) is 0 Å². The van der Waals surface area contributed by atoms with Crippen molar-refractivity contribution in [2.45, 2.75) is 20.4 Å². The Bertz CT molecular complexity index is 606. The van der Waals surface area contributed by atoms with Crippen LogP contribution >= 0.6 is 27.3 Å². The number of carbonyl (C=O) groups excluding carboxylic acids is 1. The standard InChI is InChI=1S/C15H16BrNOS/c1-10-4-5-12(8-13(10)16)15(18)17(3)9-14-11(2)6-7-19-14/h4-8H,9H2,1-3H3. The zero-order valence-electron chi connectivity index (χ0n) is 11.2. The van der Waals surface area contributed by atoms with Crippen LogP contribution in [0.5, 0.6) is 0 Å². The van der Waals surface area contributed by atoms with E-state index in [-0.39, 0.29) is 5.91 Å². The second-order valence-electron chi connectivity index (χ2n) is 4.65. The topological polar surface area (TPSA) is 20.3 Å². The van der Waals surface area contributed by atoms with Crippen molar-refractivity contribution in [2.75, 3.05) is 7.05 Å². The van der Waals surface area contributed by atoms with Crippen LogP contribution in [0.15, 0.2) is 34.1 Å². The molecule has 1 heterocycles. The number of hydrogen-bond acceptors (Lipinski definition) is 2. The van der Waals surface area contributed by atoms with Gasteiger partial charge in [0, 0.05) is 22.0 Å². The van der Waals surface area contributed by atoms with Gasteiger partial charge in [-0.3, -0.25) is 4.79 Å². The number of amides is 1. The van der Waals surface area contributed by atoms with Crippen molar-refractivity contribution in [2.24, 2.45) is 0 Å². The number of halogens is 1. The molecule has 19 heavy (non-hydrogen) atoms. The van der Waals surface area contributed by atoms with Gasteiger partial charge in [-0.25, -0.2) is 0 Å². The molecule has 0 aliphatic rings. The lowest BCUT2D eigenvalue weighted by Crippen LogP contribution is -2.26. The third kappa shape index (κ3) is 3.25. The molecule has 4 heteroatoms. The van der Waals surface area contributed by atoms with Gasteiger partial charge in [0.1, 0.15) is 0 Å². The molecule has 2 nitrogen and oxygen atoms in total. The van der Waals surface area contributed by atoms with Gasteiger partial charge in [-0.05, 0) is 48.6 Å². The van der Waals surface area contributed by atoms with Crippen molar-refractivity contribution in [1.82, 2.24) is 4.90 Å². The summed E-state index contributed by atoms with van der Waals surface area (Å²) in [5, 5.41) is 2.06. The molecule has 2 rings (SSSR count). The fraction of sp³-hybridized carbons (Fsp3) is 0.267. The van der Waals surface area contributed by atoms with E-state index < -0.39 is 0 Å². The number of carbonyl (C=O) groups is 1. The van der Waals surface area contributed by atoms with E-state index >= 15 is 0 Å². The number of nitrogens with zero attached hydrogens (tertiary/aromatic N) is 1. The third-order valence-corrected chi connectivity index (χ3v) is 4.98. The van der Waals surface area contributed by atoms with Gasteiger partial charge < -0.3 is 4.90 Å². The highest BCUT2D eigenvalue weighted by Gasteiger charge is 2.14. The lowest BCUT2D eigenvalue weighted by Gasteiger charge is -2.17. The van der Waals surface area contributed by atoms with E-state index in [9.17, 15) is 4.79 Å². The average molecular weight is 338 g/mol. The van der Waals surface area contributed by atoms with Crippen LogP contribution in [0.4, 0.5) is 0 Å². The molecular weight excluding hydrogens is 322 g/mol. The molecule has 0 aliphatic carbocycles. The summed E-state index contributed by atoms with van der Waals surface area (Å²) >= 11 is 5.16. The Kier molecular flexibility index (Phi) is 4.42. The summed E-state index contributed by atoms with van der Waals surface area (Å²) in [6, 6.07) is 7.80. The van der Waals surface area contributed by atoms with Crippen molar-refractivity contribution in [3.8, 4) is 0 Å². The van der Waals surface area contributed by atoms with Gasteiger partial charge in [0.15, 0.2) is 0 Å². The molecule has 1 aromatic carbocycles. The Labute approximate surface area is 126 Å². The highest BCUT2D eigenvalue weighted by atomic mass is 79.9. The molecule has 0 radical (unpaired) electrons. The molecule has 100 valence electrons. The maximum absolute atomic E-state index is 12.4. The first kappa shape index (κ1) is 14.3. The van der Waals surface area contributed by atoms with Crippen molar-refractivity contribution in [1.29, 1.82) is 0 Å². The molecule has 0 aliphatic heterocycles. The summed E-state index contributed by atoms with van der Waals surface area (Å²) < 4.78 is 0.971. The lowest BCUT2D eigenvalue weighted by molar-refractivity contribution is 0.0786. The number of thiophene rings is 1. The van der Waals surface area contributed by atoms with Crippen LogP contribution in [-0.2, 0) is 6.54 Å². The summed E-state index contributed by atoms with van der Waals surface area (Å²) in [5.41, 5.74) is 3.09. The van der Waals surface area contributed by atoms with Gasteiger partial charge in [-0.2, -0.15) is 0 Å². The maximum atomic E-state index is 12.4. The quantitative estimate of drug-likeness (QED) is 0.812. The lowest BCUT2D eigenvalue weighted by atomic mass is 10.1. The molecule has 0 bridgehead atoms. The fourth-order valence-electron chi connectivity index (χ4n) is 1.80. The Morgan fingerprint density at radius 1 is 1.26 bits per heavy atom. The molecule has 0 fully saturated rings. The number of aryl methyl sites for hydroxylation is 2. The van der Waals surface area contributed by atoms with E-state index in [0.29, 0.717) is 12.1 Å². The molecule has 1 amide bonds. The van der Waals surface area contributed by atoms with Crippen molar-refractivity contribution in [3.63, 3.8) is 0 Å². The molecule has 2 aromatic rings. The summed E-state index contributed by atoms with van der Waals surface area (Å²) in [6.07, 6.45) is 0.